The summed E-state index contributed by atoms with van der Waals surface area (Å²) >= 11 is 0. The number of carbonyl (C=O) groups is 1. The molecular formula is C23H31NO2. The van der Waals surface area contributed by atoms with Gasteiger partial charge in [0, 0.05) is 30.8 Å². The van der Waals surface area contributed by atoms with Crippen LogP contribution in [0.1, 0.15) is 56.6 Å². The summed E-state index contributed by atoms with van der Waals surface area (Å²) in [6.07, 6.45) is 8.06. The highest BCUT2D eigenvalue weighted by atomic mass is 16.5. The maximum atomic E-state index is 12.7. The predicted octanol–water partition coefficient (Wildman–Crippen LogP) is 3.98. The van der Waals surface area contributed by atoms with E-state index in [0.717, 1.165) is 43.9 Å². The Morgan fingerprint density at radius 1 is 1.27 bits per heavy atom. The average Bonchev–Trinajstić information content (AvgIpc) is 2.58. The van der Waals surface area contributed by atoms with Crippen LogP contribution in [0.15, 0.2) is 18.2 Å². The molecule has 2 bridgehead atoms. The fourth-order valence-corrected chi connectivity index (χ4v) is 6.76. The number of benzene rings is 1. The SMILES string of the molecule is COc1ccc2c(c1)C13CCN(CC4CCC4)C(C2)[C@H]1[C@H](C)CC(=O)C3. The van der Waals surface area contributed by atoms with Crippen molar-refractivity contribution in [2.75, 3.05) is 20.2 Å². The van der Waals surface area contributed by atoms with Gasteiger partial charge in [-0.15, -0.1) is 0 Å². The Balaban J connectivity index is 1.58. The Labute approximate surface area is 157 Å². The number of piperidine rings is 1. The zero-order chi connectivity index (χ0) is 17.9. The zero-order valence-corrected chi connectivity index (χ0v) is 16.2. The van der Waals surface area contributed by atoms with E-state index in [4.69, 9.17) is 4.74 Å². The highest BCUT2D eigenvalue weighted by molar-refractivity contribution is 5.82. The van der Waals surface area contributed by atoms with Crippen LogP contribution in [0.25, 0.3) is 0 Å². The van der Waals surface area contributed by atoms with E-state index in [-0.39, 0.29) is 5.41 Å². The van der Waals surface area contributed by atoms with Crippen molar-refractivity contribution in [2.45, 2.75) is 63.3 Å². The van der Waals surface area contributed by atoms with E-state index in [9.17, 15) is 4.79 Å². The van der Waals surface area contributed by atoms with Gasteiger partial charge < -0.3 is 4.74 Å². The molecule has 26 heavy (non-hydrogen) atoms. The fourth-order valence-electron chi connectivity index (χ4n) is 6.76. The summed E-state index contributed by atoms with van der Waals surface area (Å²) in [5, 5.41) is 0. The molecule has 0 N–H and O–H groups in total. The van der Waals surface area contributed by atoms with Crippen LogP contribution < -0.4 is 4.74 Å². The maximum absolute atomic E-state index is 12.7. The monoisotopic (exact) mass is 353 g/mol. The quantitative estimate of drug-likeness (QED) is 0.823. The smallest absolute Gasteiger partial charge is 0.134 e. The van der Waals surface area contributed by atoms with Gasteiger partial charge in [-0.1, -0.05) is 19.4 Å². The van der Waals surface area contributed by atoms with E-state index < -0.39 is 0 Å². The Morgan fingerprint density at radius 3 is 2.85 bits per heavy atom. The number of rotatable bonds is 3. The summed E-state index contributed by atoms with van der Waals surface area (Å²) in [4.78, 5) is 15.5. The van der Waals surface area contributed by atoms with Gasteiger partial charge in [0.15, 0.2) is 0 Å². The molecule has 1 saturated heterocycles. The molecular weight excluding hydrogens is 322 g/mol. The molecule has 3 aliphatic carbocycles. The van der Waals surface area contributed by atoms with Crippen LogP contribution in [-0.4, -0.2) is 36.9 Å². The minimum atomic E-state index is 0.0532. The lowest BCUT2D eigenvalue weighted by molar-refractivity contribution is -0.131. The van der Waals surface area contributed by atoms with Crippen molar-refractivity contribution in [3.63, 3.8) is 0 Å². The van der Waals surface area contributed by atoms with Crippen LogP contribution >= 0.6 is 0 Å². The average molecular weight is 354 g/mol. The van der Waals surface area contributed by atoms with Crippen LogP contribution in [0.5, 0.6) is 5.75 Å². The number of methoxy groups -OCH3 is 1. The van der Waals surface area contributed by atoms with Crippen molar-refractivity contribution < 1.29 is 9.53 Å². The molecule has 1 aliphatic heterocycles. The molecule has 4 aliphatic rings. The van der Waals surface area contributed by atoms with Gasteiger partial charge in [0.2, 0.25) is 0 Å². The molecule has 3 nitrogen and oxygen atoms in total. The van der Waals surface area contributed by atoms with Crippen LogP contribution in [-0.2, 0) is 16.6 Å². The summed E-state index contributed by atoms with van der Waals surface area (Å²) in [6, 6.07) is 7.25. The number of nitrogens with zero attached hydrogens (tertiary/aromatic N) is 1. The first kappa shape index (κ1) is 16.8. The topological polar surface area (TPSA) is 29.5 Å². The third-order valence-corrected chi connectivity index (χ3v) is 8.04. The number of fused-ring (bicyclic) bond motifs is 1. The highest BCUT2D eigenvalue weighted by Gasteiger charge is 2.58. The molecule has 1 aromatic carbocycles. The number of likely N-dealkylation sites (tertiary alicyclic amines) is 1. The van der Waals surface area contributed by atoms with E-state index in [0.29, 0.717) is 23.7 Å². The number of Topliss-reactive ketones (excluding diaryl/α,β-unsaturated/α-hetero) is 1. The summed E-state index contributed by atoms with van der Waals surface area (Å²) in [6.45, 7) is 4.78. The van der Waals surface area contributed by atoms with Gasteiger partial charge in [0.1, 0.15) is 11.5 Å². The standard InChI is InChI=1S/C23H31NO2/c1-15-10-18(25)13-23-8-9-24(14-16-4-3-5-16)21(22(15)23)11-17-6-7-19(26-2)12-20(17)23/h6-7,12,15-16,21-22H,3-5,8-11,13-14H2,1-2H3/t15-,21?,22-,23?/m1/s1. The second-order valence-corrected chi connectivity index (χ2v) is 9.42. The minimum absolute atomic E-state index is 0.0532. The zero-order valence-electron chi connectivity index (χ0n) is 16.2. The number of ketones is 1. The number of hydrogen-bond donors (Lipinski definition) is 0. The Hall–Kier alpha value is -1.35. The van der Waals surface area contributed by atoms with Gasteiger partial charge in [-0.2, -0.15) is 0 Å². The van der Waals surface area contributed by atoms with E-state index in [1.807, 2.05) is 0 Å². The van der Waals surface area contributed by atoms with Gasteiger partial charge in [-0.3, -0.25) is 9.69 Å². The molecule has 0 amide bonds. The van der Waals surface area contributed by atoms with Crippen molar-refractivity contribution in [2.24, 2.45) is 17.8 Å². The van der Waals surface area contributed by atoms with Crippen molar-refractivity contribution in [3.05, 3.63) is 29.3 Å². The molecule has 0 aromatic heterocycles. The second-order valence-electron chi connectivity index (χ2n) is 9.42. The normalized spacial score (nSPS) is 36.8. The number of carbonyl (C=O) groups excluding carboxylic acids is 1. The lowest BCUT2D eigenvalue weighted by atomic mass is 9.49. The maximum Gasteiger partial charge on any atom is 0.134 e. The molecule has 0 spiro atoms. The van der Waals surface area contributed by atoms with Crippen molar-refractivity contribution in [3.8, 4) is 5.75 Å². The molecule has 1 heterocycles. The van der Waals surface area contributed by atoms with Crippen LogP contribution in [0.3, 0.4) is 0 Å². The van der Waals surface area contributed by atoms with Gasteiger partial charge in [-0.25, -0.2) is 0 Å². The number of hydrogen-bond acceptors (Lipinski definition) is 3. The first-order chi connectivity index (χ1) is 12.6. The lowest BCUT2D eigenvalue weighted by Crippen LogP contribution is -2.64. The first-order valence-electron chi connectivity index (χ1n) is 10.5. The summed E-state index contributed by atoms with van der Waals surface area (Å²) in [7, 11) is 1.75. The summed E-state index contributed by atoms with van der Waals surface area (Å²) in [5.41, 5.74) is 2.95. The molecule has 5 rings (SSSR count). The van der Waals surface area contributed by atoms with E-state index in [2.05, 4.69) is 30.0 Å². The largest absolute Gasteiger partial charge is 0.497 e. The van der Waals surface area contributed by atoms with Crippen molar-refractivity contribution in [1.29, 1.82) is 0 Å². The van der Waals surface area contributed by atoms with Crippen LogP contribution in [0.2, 0.25) is 0 Å². The Kier molecular flexibility index (Phi) is 3.93. The summed E-state index contributed by atoms with van der Waals surface area (Å²) in [5.74, 6) is 3.44. The van der Waals surface area contributed by atoms with Gasteiger partial charge in [0.25, 0.3) is 0 Å². The van der Waals surface area contributed by atoms with Gasteiger partial charge >= 0.3 is 0 Å². The van der Waals surface area contributed by atoms with Gasteiger partial charge in [0.05, 0.1) is 7.11 Å². The van der Waals surface area contributed by atoms with E-state index in [1.165, 1.54) is 36.9 Å². The highest BCUT2D eigenvalue weighted by Crippen LogP contribution is 2.57. The molecule has 1 aromatic rings. The molecule has 0 radical (unpaired) electrons. The fraction of sp³-hybridized carbons (Fsp3) is 0.696. The predicted molar refractivity (Wildman–Crippen MR) is 103 cm³/mol. The Bertz CT molecular complexity index is 725. The van der Waals surface area contributed by atoms with Crippen LogP contribution in [0.4, 0.5) is 0 Å². The molecule has 2 saturated carbocycles. The van der Waals surface area contributed by atoms with Crippen molar-refractivity contribution in [1.82, 2.24) is 4.90 Å². The molecule has 3 fully saturated rings. The molecule has 3 heteroatoms. The van der Waals surface area contributed by atoms with Crippen molar-refractivity contribution >= 4 is 5.78 Å². The minimum Gasteiger partial charge on any atom is -0.497 e. The van der Waals surface area contributed by atoms with E-state index >= 15 is 0 Å². The van der Waals surface area contributed by atoms with E-state index in [1.54, 1.807) is 7.11 Å². The third-order valence-electron chi connectivity index (χ3n) is 8.04. The first-order valence-corrected chi connectivity index (χ1v) is 10.5. The Morgan fingerprint density at radius 2 is 2.12 bits per heavy atom. The lowest BCUT2D eigenvalue weighted by Gasteiger charge is -2.61. The van der Waals surface area contributed by atoms with Crippen LogP contribution in [0, 0.1) is 17.8 Å². The third kappa shape index (κ3) is 2.39. The summed E-state index contributed by atoms with van der Waals surface area (Å²) < 4.78 is 5.55. The number of ether oxygens (including phenoxy) is 1. The molecule has 4 atom stereocenters. The molecule has 2 unspecified atom stereocenters. The van der Waals surface area contributed by atoms with Gasteiger partial charge in [-0.05, 0) is 73.2 Å². The molecule has 140 valence electrons. The second kappa shape index (κ2) is 6.09.